The molecule has 0 amide bonds. The van der Waals surface area contributed by atoms with Gasteiger partial charge in [-0.15, -0.1) is 0 Å². The van der Waals surface area contributed by atoms with Crippen LogP contribution in [0.3, 0.4) is 0 Å². The van der Waals surface area contributed by atoms with Gasteiger partial charge in [-0.3, -0.25) is 0 Å². The molecule has 1 heterocycles. The molecule has 2 rings (SSSR count). The zero-order valence-electron chi connectivity index (χ0n) is 13.2. The van der Waals surface area contributed by atoms with E-state index in [-0.39, 0.29) is 5.92 Å². The van der Waals surface area contributed by atoms with Gasteiger partial charge in [0.1, 0.15) is 0 Å². The number of rotatable bonds is 5. The highest BCUT2D eigenvalue weighted by molar-refractivity contribution is 4.97. The minimum absolute atomic E-state index is 0.243. The fraction of sp³-hybridized carbons (Fsp3) is 0.941. The zero-order valence-corrected chi connectivity index (χ0v) is 13.2. The molecule has 0 aromatic rings. The van der Waals surface area contributed by atoms with Crippen molar-refractivity contribution in [2.75, 3.05) is 26.8 Å². The maximum Gasteiger partial charge on any atom is 0.0672 e. The zero-order chi connectivity index (χ0) is 14.4. The standard InChI is InChI=1S/C17H30N2O/c1-3-4-14-5-6-16(12-18)17(11-14)19(2)13-15-7-9-20-10-8-15/h14-17H,3-11,13H2,1-2H3. The van der Waals surface area contributed by atoms with Gasteiger partial charge in [-0.1, -0.05) is 19.8 Å². The highest BCUT2D eigenvalue weighted by Gasteiger charge is 2.33. The summed E-state index contributed by atoms with van der Waals surface area (Å²) in [5.74, 6) is 1.85. The molecule has 2 fully saturated rings. The van der Waals surface area contributed by atoms with Crippen LogP contribution in [0.15, 0.2) is 0 Å². The summed E-state index contributed by atoms with van der Waals surface area (Å²) < 4.78 is 5.45. The van der Waals surface area contributed by atoms with Gasteiger partial charge in [-0.25, -0.2) is 0 Å². The van der Waals surface area contributed by atoms with Crippen molar-refractivity contribution < 1.29 is 4.74 Å². The molecule has 20 heavy (non-hydrogen) atoms. The van der Waals surface area contributed by atoms with Crippen LogP contribution in [0, 0.1) is 29.1 Å². The first-order valence-corrected chi connectivity index (χ1v) is 8.42. The van der Waals surface area contributed by atoms with Crippen LogP contribution in [0.5, 0.6) is 0 Å². The molecule has 0 bridgehead atoms. The van der Waals surface area contributed by atoms with Crippen LogP contribution < -0.4 is 0 Å². The molecule has 3 atom stereocenters. The molecule has 0 spiro atoms. The summed E-state index contributed by atoms with van der Waals surface area (Å²) in [5.41, 5.74) is 0. The van der Waals surface area contributed by atoms with E-state index in [2.05, 4.69) is 24.9 Å². The summed E-state index contributed by atoms with van der Waals surface area (Å²) in [5, 5.41) is 9.44. The normalized spacial score (nSPS) is 32.2. The van der Waals surface area contributed by atoms with E-state index in [0.29, 0.717) is 6.04 Å². The van der Waals surface area contributed by atoms with Crippen molar-refractivity contribution in [1.82, 2.24) is 4.90 Å². The quantitative estimate of drug-likeness (QED) is 0.773. The lowest BCUT2D eigenvalue weighted by Crippen LogP contribution is -2.44. The lowest BCUT2D eigenvalue weighted by atomic mass is 9.76. The van der Waals surface area contributed by atoms with Crippen molar-refractivity contribution in [3.63, 3.8) is 0 Å². The summed E-state index contributed by atoms with van der Waals surface area (Å²) in [4.78, 5) is 2.49. The maximum atomic E-state index is 9.44. The lowest BCUT2D eigenvalue weighted by molar-refractivity contribution is 0.0389. The first kappa shape index (κ1) is 15.8. The predicted molar refractivity (Wildman–Crippen MR) is 81.3 cm³/mol. The Bertz CT molecular complexity index is 319. The molecule has 0 aromatic carbocycles. The van der Waals surface area contributed by atoms with Gasteiger partial charge in [0.05, 0.1) is 12.0 Å². The van der Waals surface area contributed by atoms with Gasteiger partial charge >= 0.3 is 0 Å². The van der Waals surface area contributed by atoms with Gasteiger partial charge in [0.25, 0.3) is 0 Å². The molecule has 3 unspecified atom stereocenters. The Kier molecular flexibility index (Phi) is 6.32. The number of ether oxygens (including phenoxy) is 1. The van der Waals surface area contributed by atoms with Crippen molar-refractivity contribution >= 4 is 0 Å². The highest BCUT2D eigenvalue weighted by Crippen LogP contribution is 2.34. The third-order valence-electron chi connectivity index (χ3n) is 5.24. The minimum atomic E-state index is 0.243. The fourth-order valence-electron chi connectivity index (χ4n) is 4.01. The van der Waals surface area contributed by atoms with Gasteiger partial charge in [0.2, 0.25) is 0 Å². The first-order chi connectivity index (χ1) is 9.74. The van der Waals surface area contributed by atoms with Crippen LogP contribution in [0.4, 0.5) is 0 Å². The van der Waals surface area contributed by atoms with Gasteiger partial charge in [-0.05, 0) is 51.0 Å². The SMILES string of the molecule is CCCC1CCC(C#N)C(N(C)CC2CCOCC2)C1. The third kappa shape index (κ3) is 4.20. The minimum Gasteiger partial charge on any atom is -0.381 e. The molecular formula is C17H30N2O. The van der Waals surface area contributed by atoms with Crippen LogP contribution in [-0.4, -0.2) is 37.7 Å². The topological polar surface area (TPSA) is 36.3 Å². The molecule has 1 aliphatic carbocycles. The first-order valence-electron chi connectivity index (χ1n) is 8.42. The average molecular weight is 278 g/mol. The molecule has 3 nitrogen and oxygen atoms in total. The van der Waals surface area contributed by atoms with E-state index in [0.717, 1.165) is 38.0 Å². The summed E-state index contributed by atoms with van der Waals surface area (Å²) in [6.45, 7) is 5.26. The summed E-state index contributed by atoms with van der Waals surface area (Å²) in [6.07, 6.45) is 8.57. The van der Waals surface area contributed by atoms with Crippen molar-refractivity contribution in [2.24, 2.45) is 17.8 Å². The van der Waals surface area contributed by atoms with E-state index in [9.17, 15) is 5.26 Å². The predicted octanol–water partition coefficient (Wildman–Crippen LogP) is 3.45. The van der Waals surface area contributed by atoms with Gasteiger partial charge in [0.15, 0.2) is 0 Å². The van der Waals surface area contributed by atoms with Crippen molar-refractivity contribution in [3.8, 4) is 6.07 Å². The second-order valence-electron chi connectivity index (χ2n) is 6.77. The monoisotopic (exact) mass is 278 g/mol. The van der Waals surface area contributed by atoms with Crippen LogP contribution in [0.1, 0.15) is 51.9 Å². The van der Waals surface area contributed by atoms with Crippen molar-refractivity contribution in [3.05, 3.63) is 0 Å². The molecule has 0 N–H and O–H groups in total. The smallest absolute Gasteiger partial charge is 0.0672 e. The second kappa shape index (κ2) is 8.00. The molecule has 114 valence electrons. The second-order valence-corrected chi connectivity index (χ2v) is 6.77. The van der Waals surface area contributed by atoms with E-state index in [1.165, 1.54) is 38.5 Å². The van der Waals surface area contributed by atoms with E-state index in [1.807, 2.05) is 0 Å². The van der Waals surface area contributed by atoms with E-state index in [1.54, 1.807) is 0 Å². The Morgan fingerprint density at radius 2 is 1.90 bits per heavy atom. The third-order valence-corrected chi connectivity index (χ3v) is 5.24. The molecule has 0 aromatic heterocycles. The Morgan fingerprint density at radius 3 is 2.55 bits per heavy atom. The van der Waals surface area contributed by atoms with Crippen LogP contribution in [0.2, 0.25) is 0 Å². The molecule has 0 radical (unpaired) electrons. The molecule has 2 aliphatic rings. The molecular weight excluding hydrogens is 248 g/mol. The van der Waals surface area contributed by atoms with Gasteiger partial charge in [-0.2, -0.15) is 5.26 Å². The van der Waals surface area contributed by atoms with E-state index in [4.69, 9.17) is 4.74 Å². The van der Waals surface area contributed by atoms with Gasteiger partial charge in [0, 0.05) is 25.8 Å². The average Bonchev–Trinajstić information content (AvgIpc) is 2.48. The fourth-order valence-corrected chi connectivity index (χ4v) is 4.01. The van der Waals surface area contributed by atoms with Crippen LogP contribution in [-0.2, 0) is 4.74 Å². The largest absolute Gasteiger partial charge is 0.381 e. The Labute approximate surface area is 124 Å². The van der Waals surface area contributed by atoms with Crippen molar-refractivity contribution in [1.29, 1.82) is 5.26 Å². The van der Waals surface area contributed by atoms with Crippen molar-refractivity contribution in [2.45, 2.75) is 57.9 Å². The Balaban J connectivity index is 1.89. The van der Waals surface area contributed by atoms with Gasteiger partial charge < -0.3 is 9.64 Å². The number of nitriles is 1. The maximum absolute atomic E-state index is 9.44. The summed E-state index contributed by atoms with van der Waals surface area (Å²) in [7, 11) is 2.23. The summed E-state index contributed by atoms with van der Waals surface area (Å²) >= 11 is 0. The van der Waals surface area contributed by atoms with E-state index < -0.39 is 0 Å². The highest BCUT2D eigenvalue weighted by atomic mass is 16.5. The Hall–Kier alpha value is -0.590. The Morgan fingerprint density at radius 1 is 1.15 bits per heavy atom. The lowest BCUT2D eigenvalue weighted by Gasteiger charge is -2.40. The molecule has 1 saturated carbocycles. The molecule has 1 saturated heterocycles. The number of hydrogen-bond donors (Lipinski definition) is 0. The number of nitrogens with zero attached hydrogens (tertiary/aromatic N) is 2. The number of hydrogen-bond acceptors (Lipinski definition) is 3. The van der Waals surface area contributed by atoms with E-state index >= 15 is 0 Å². The molecule has 3 heteroatoms. The van der Waals surface area contributed by atoms with Crippen LogP contribution >= 0.6 is 0 Å². The van der Waals surface area contributed by atoms with Crippen LogP contribution in [0.25, 0.3) is 0 Å². The molecule has 1 aliphatic heterocycles. The summed E-state index contributed by atoms with van der Waals surface area (Å²) in [6, 6.07) is 3.05.